The molecule has 0 N–H and O–H groups in total. The number of nitrogens with zero attached hydrogens (tertiary/aromatic N) is 6. The minimum Gasteiger partial charge on any atom is -0.342 e. The Kier molecular flexibility index (Phi) is 5.60. The molecule has 4 unspecified atom stereocenters. The first-order valence-electron chi connectivity index (χ1n) is 14.9. The standard InChI is InChI=1S/C33H21FN6O2S4/c1-12-7-16-17(9-19(12)34)31(42)28(30(16)41)35-20-10-15-14(25-27(20)39-46-37-25)8-18(26-24(15)36-45-38-26)23-11-21-32(44-23)33-29(40(21)2)13-5-3-4-6-22(13)43-33/h3-6,8,10-12,16-17,19H,7,9H2,1-2H3. The van der Waals surface area contributed by atoms with E-state index in [1.54, 1.807) is 18.3 Å². The molecule has 5 aromatic heterocycles. The molecule has 226 valence electrons. The van der Waals surface area contributed by atoms with Crippen molar-refractivity contribution in [1.29, 1.82) is 0 Å². The third kappa shape index (κ3) is 3.54. The fourth-order valence-corrected chi connectivity index (χ4v) is 11.2. The van der Waals surface area contributed by atoms with Gasteiger partial charge in [-0.05, 0) is 43.0 Å². The van der Waals surface area contributed by atoms with E-state index in [1.807, 2.05) is 17.4 Å². The monoisotopic (exact) mass is 680 g/mol. The van der Waals surface area contributed by atoms with E-state index < -0.39 is 18.0 Å². The molecule has 2 saturated carbocycles. The Morgan fingerprint density at radius 1 is 0.826 bits per heavy atom. The van der Waals surface area contributed by atoms with Gasteiger partial charge in [0.25, 0.3) is 0 Å². The Labute approximate surface area is 275 Å². The van der Waals surface area contributed by atoms with Gasteiger partial charge in [0.1, 0.15) is 28.2 Å². The zero-order chi connectivity index (χ0) is 31.0. The first-order chi connectivity index (χ1) is 22.4. The van der Waals surface area contributed by atoms with Crippen LogP contribution in [0.25, 0.3) is 73.8 Å². The Bertz CT molecular complexity index is 2650. The summed E-state index contributed by atoms with van der Waals surface area (Å²) in [5.74, 6) is -2.07. The highest BCUT2D eigenvalue weighted by Crippen LogP contribution is 2.48. The summed E-state index contributed by atoms with van der Waals surface area (Å²) in [6.45, 7) is 1.80. The van der Waals surface area contributed by atoms with Gasteiger partial charge in [0.15, 0.2) is 17.3 Å². The number of ketones is 2. The molecule has 0 radical (unpaired) electrons. The predicted octanol–water partition coefficient (Wildman–Crippen LogP) is 8.66. The molecule has 13 heteroatoms. The summed E-state index contributed by atoms with van der Waals surface area (Å²) in [6.07, 6.45) is -0.661. The van der Waals surface area contributed by atoms with Crippen molar-refractivity contribution in [3.05, 3.63) is 42.5 Å². The fourth-order valence-electron chi connectivity index (χ4n) is 7.51. The molecule has 3 aromatic carbocycles. The Morgan fingerprint density at radius 3 is 2.35 bits per heavy atom. The summed E-state index contributed by atoms with van der Waals surface area (Å²) in [4.78, 5) is 32.5. The van der Waals surface area contributed by atoms with Crippen LogP contribution in [-0.2, 0) is 16.6 Å². The van der Waals surface area contributed by atoms with Gasteiger partial charge in [-0.15, -0.1) is 22.7 Å². The summed E-state index contributed by atoms with van der Waals surface area (Å²) in [5, 5.41) is 2.91. The Balaban J connectivity index is 1.16. The smallest absolute Gasteiger partial charge is 0.188 e. The number of Topliss-reactive ketones (excluding diaryl/α,β-unsaturated/α-hetero) is 2. The second kappa shape index (κ2) is 9.50. The van der Waals surface area contributed by atoms with E-state index in [-0.39, 0.29) is 29.6 Å². The van der Waals surface area contributed by atoms with E-state index in [0.29, 0.717) is 28.7 Å². The highest BCUT2D eigenvalue weighted by Gasteiger charge is 2.51. The predicted molar refractivity (Wildman–Crippen MR) is 186 cm³/mol. The normalized spacial score (nSPS) is 23.1. The topological polar surface area (TPSA) is 103 Å². The molecule has 2 aliphatic rings. The number of fused-ring (bicyclic) bond motifs is 11. The molecule has 0 saturated heterocycles. The molecule has 0 aliphatic heterocycles. The maximum Gasteiger partial charge on any atom is 0.188 e. The van der Waals surface area contributed by atoms with E-state index in [9.17, 15) is 14.0 Å². The number of carbonyl (C=O) groups excluding carboxylic acids is 2. The summed E-state index contributed by atoms with van der Waals surface area (Å²) in [6, 6.07) is 14.7. The SMILES string of the molecule is CC1CC2C(=O)C(=Nc3cc4c(cc(-c5cc6c(s5)c5sc7ccccc7c5n6C)c5nsnc54)c4nsnc34)C(=O)C2CC1F. The molecule has 5 heterocycles. The molecule has 0 amide bonds. The highest BCUT2D eigenvalue weighted by molar-refractivity contribution is 7.32. The number of carbonyl (C=O) groups is 2. The van der Waals surface area contributed by atoms with Gasteiger partial charge in [-0.3, -0.25) is 9.59 Å². The molecule has 2 fully saturated rings. The molecule has 10 rings (SSSR count). The van der Waals surface area contributed by atoms with Crippen LogP contribution in [0.1, 0.15) is 19.8 Å². The first-order valence-corrected chi connectivity index (χ1v) is 18.0. The number of aromatic nitrogens is 5. The molecule has 4 atom stereocenters. The number of hydrogen-bond acceptors (Lipinski definition) is 11. The van der Waals surface area contributed by atoms with Crippen LogP contribution in [0, 0.1) is 17.8 Å². The van der Waals surface area contributed by atoms with Crippen LogP contribution < -0.4 is 0 Å². The van der Waals surface area contributed by atoms with Crippen LogP contribution in [0.15, 0.2) is 47.5 Å². The van der Waals surface area contributed by atoms with E-state index in [1.165, 1.54) is 30.5 Å². The van der Waals surface area contributed by atoms with Crippen molar-refractivity contribution in [3.8, 4) is 10.4 Å². The summed E-state index contributed by atoms with van der Waals surface area (Å²) in [5.41, 5.74) is 6.35. The Hall–Kier alpha value is -4.04. The molecule has 8 aromatic rings. The lowest BCUT2D eigenvalue weighted by atomic mass is 9.75. The van der Waals surface area contributed by atoms with Crippen LogP contribution >= 0.6 is 46.1 Å². The number of thiophene rings is 2. The highest BCUT2D eigenvalue weighted by atomic mass is 32.1. The van der Waals surface area contributed by atoms with E-state index in [2.05, 4.69) is 61.8 Å². The zero-order valence-corrected chi connectivity index (χ0v) is 27.5. The second-order valence-corrected chi connectivity index (χ2v) is 15.5. The van der Waals surface area contributed by atoms with Crippen LogP contribution in [0.5, 0.6) is 0 Å². The number of aryl methyl sites for hydroxylation is 1. The quantitative estimate of drug-likeness (QED) is 0.181. The van der Waals surface area contributed by atoms with Crippen LogP contribution in [-0.4, -0.2) is 45.5 Å². The minimum absolute atomic E-state index is 0.0703. The summed E-state index contributed by atoms with van der Waals surface area (Å²) >= 11 is 5.78. The summed E-state index contributed by atoms with van der Waals surface area (Å²) < 4.78 is 39.2. The third-order valence-electron chi connectivity index (χ3n) is 9.88. The van der Waals surface area contributed by atoms with Crippen molar-refractivity contribution < 1.29 is 14.0 Å². The van der Waals surface area contributed by atoms with Crippen molar-refractivity contribution >= 4 is 132 Å². The lowest BCUT2D eigenvalue weighted by Gasteiger charge is -2.30. The molecular formula is C33H21FN6O2S4. The number of rotatable bonds is 2. The van der Waals surface area contributed by atoms with Crippen LogP contribution in [0.2, 0.25) is 0 Å². The van der Waals surface area contributed by atoms with Gasteiger partial charge >= 0.3 is 0 Å². The van der Waals surface area contributed by atoms with Crippen molar-refractivity contribution in [1.82, 2.24) is 22.1 Å². The van der Waals surface area contributed by atoms with Gasteiger partial charge in [0.05, 0.1) is 49.6 Å². The maximum atomic E-state index is 14.5. The number of aliphatic imine (C=N–C) groups is 1. The van der Waals surface area contributed by atoms with E-state index >= 15 is 0 Å². The lowest BCUT2D eigenvalue weighted by molar-refractivity contribution is -0.122. The van der Waals surface area contributed by atoms with E-state index in [4.69, 9.17) is 8.75 Å². The Morgan fingerprint density at radius 2 is 1.52 bits per heavy atom. The van der Waals surface area contributed by atoms with Crippen LogP contribution in [0.3, 0.4) is 0 Å². The van der Waals surface area contributed by atoms with Gasteiger partial charge in [0, 0.05) is 50.2 Å². The van der Waals surface area contributed by atoms with Gasteiger partial charge in [0.2, 0.25) is 0 Å². The average molecular weight is 681 g/mol. The minimum atomic E-state index is -1.09. The van der Waals surface area contributed by atoms with E-state index in [0.717, 1.165) is 50.2 Å². The van der Waals surface area contributed by atoms with Crippen molar-refractivity contribution in [3.63, 3.8) is 0 Å². The van der Waals surface area contributed by atoms with Crippen LogP contribution in [0.4, 0.5) is 10.1 Å². The third-order valence-corrected chi connectivity index (χ3v) is 13.4. The number of alkyl halides is 1. The van der Waals surface area contributed by atoms with Gasteiger partial charge < -0.3 is 4.57 Å². The molecule has 0 spiro atoms. The van der Waals surface area contributed by atoms with Gasteiger partial charge in [-0.1, -0.05) is 25.1 Å². The fraction of sp³-hybridized carbons (Fsp3) is 0.242. The first kappa shape index (κ1) is 27.1. The van der Waals surface area contributed by atoms with Crippen molar-refractivity contribution in [2.75, 3.05) is 0 Å². The molecular weight excluding hydrogens is 660 g/mol. The number of benzene rings is 3. The molecule has 46 heavy (non-hydrogen) atoms. The largest absolute Gasteiger partial charge is 0.342 e. The lowest BCUT2D eigenvalue weighted by Crippen LogP contribution is -2.33. The zero-order valence-electron chi connectivity index (χ0n) is 24.3. The van der Waals surface area contributed by atoms with Crippen molar-refractivity contribution in [2.24, 2.45) is 29.8 Å². The maximum absolute atomic E-state index is 14.5. The molecule has 0 bridgehead atoms. The average Bonchev–Trinajstić information content (AvgIpc) is 3.89. The number of hydrogen-bond donors (Lipinski definition) is 0. The van der Waals surface area contributed by atoms with Gasteiger partial charge in [-0.2, -0.15) is 17.5 Å². The van der Waals surface area contributed by atoms with Crippen molar-refractivity contribution in [2.45, 2.75) is 25.9 Å². The molecule has 8 nitrogen and oxygen atoms in total. The summed E-state index contributed by atoms with van der Waals surface area (Å²) in [7, 11) is 2.12. The van der Waals surface area contributed by atoms with Gasteiger partial charge in [-0.25, -0.2) is 9.38 Å². The molecule has 2 aliphatic carbocycles. The number of halogens is 1. The second-order valence-electron chi connectivity index (χ2n) is 12.4.